The molecule has 7 nitrogen and oxygen atoms in total. The maximum atomic E-state index is 11.9. The number of amides is 2. The Bertz CT molecular complexity index is 403. The van der Waals surface area contributed by atoms with Gasteiger partial charge in [0.25, 0.3) is 0 Å². The van der Waals surface area contributed by atoms with E-state index in [0.717, 1.165) is 0 Å². The van der Waals surface area contributed by atoms with Gasteiger partial charge in [0.15, 0.2) is 0 Å². The van der Waals surface area contributed by atoms with Crippen LogP contribution in [0, 0.1) is 5.41 Å². The third-order valence-electron chi connectivity index (χ3n) is 2.99. The summed E-state index contributed by atoms with van der Waals surface area (Å²) in [6, 6.07) is 0. The van der Waals surface area contributed by atoms with E-state index in [1.54, 1.807) is 6.92 Å². The van der Waals surface area contributed by atoms with Crippen molar-refractivity contribution in [2.45, 2.75) is 52.5 Å². The van der Waals surface area contributed by atoms with E-state index in [4.69, 9.17) is 9.84 Å². The molecule has 0 rings (SSSR count). The van der Waals surface area contributed by atoms with Crippen molar-refractivity contribution in [3.05, 3.63) is 0 Å². The smallest absolute Gasteiger partial charge is 0.305 e. The number of rotatable bonds is 9. The minimum Gasteiger partial charge on any atom is -0.481 e. The van der Waals surface area contributed by atoms with Crippen LogP contribution in [0.4, 0.5) is 0 Å². The summed E-state index contributed by atoms with van der Waals surface area (Å²) in [5.74, 6) is -1.33. The van der Waals surface area contributed by atoms with Crippen LogP contribution in [-0.4, -0.2) is 48.7 Å². The molecule has 0 aromatic heterocycles. The van der Waals surface area contributed by atoms with Gasteiger partial charge in [-0.25, -0.2) is 0 Å². The van der Waals surface area contributed by atoms with Gasteiger partial charge in [0, 0.05) is 25.5 Å². The van der Waals surface area contributed by atoms with Crippen molar-refractivity contribution in [2.24, 2.45) is 5.41 Å². The Morgan fingerprint density at radius 1 is 1.14 bits per heavy atom. The summed E-state index contributed by atoms with van der Waals surface area (Å²) in [5, 5.41) is 14.3. The average molecular weight is 316 g/mol. The zero-order chi connectivity index (χ0) is 17.4. The average Bonchev–Trinajstić information content (AvgIpc) is 2.31. The second-order valence-electron chi connectivity index (χ2n) is 6.72. The van der Waals surface area contributed by atoms with Gasteiger partial charge < -0.3 is 20.5 Å². The van der Waals surface area contributed by atoms with E-state index in [1.165, 1.54) is 7.11 Å². The molecule has 3 N–H and O–H groups in total. The monoisotopic (exact) mass is 316 g/mol. The van der Waals surface area contributed by atoms with E-state index in [0.29, 0.717) is 13.0 Å². The van der Waals surface area contributed by atoms with Crippen LogP contribution in [0.15, 0.2) is 0 Å². The quantitative estimate of drug-likeness (QED) is 0.549. The number of aliphatic carboxylic acids is 1. The van der Waals surface area contributed by atoms with Crippen molar-refractivity contribution in [3.8, 4) is 0 Å². The van der Waals surface area contributed by atoms with Crippen molar-refractivity contribution in [1.82, 2.24) is 10.6 Å². The number of methoxy groups -OCH3 is 1. The highest BCUT2D eigenvalue weighted by molar-refractivity contribution is 5.81. The number of carboxylic acids is 1. The Morgan fingerprint density at radius 2 is 1.73 bits per heavy atom. The van der Waals surface area contributed by atoms with Crippen molar-refractivity contribution < 1.29 is 24.2 Å². The Kier molecular flexibility index (Phi) is 8.08. The lowest BCUT2D eigenvalue weighted by Gasteiger charge is -2.28. The molecule has 0 spiro atoms. The summed E-state index contributed by atoms with van der Waals surface area (Å²) >= 11 is 0. The molecule has 1 atom stereocenters. The number of hydrogen-bond donors (Lipinski definition) is 3. The number of carbonyl (C=O) groups is 3. The SMILES string of the molecule is COCC(C)(CC(=O)O)NC(=O)CCCNC(=O)C(C)(C)C. The molecule has 7 heteroatoms. The minimum absolute atomic E-state index is 0.0667. The van der Waals surface area contributed by atoms with Gasteiger partial charge in [0.1, 0.15) is 0 Å². The van der Waals surface area contributed by atoms with E-state index in [-0.39, 0.29) is 31.3 Å². The molecule has 22 heavy (non-hydrogen) atoms. The summed E-state index contributed by atoms with van der Waals surface area (Å²) < 4.78 is 4.97. The Labute approximate surface area is 131 Å². The number of carboxylic acid groups (broad SMARTS) is 1. The topological polar surface area (TPSA) is 105 Å². The Morgan fingerprint density at radius 3 is 2.18 bits per heavy atom. The fourth-order valence-corrected chi connectivity index (χ4v) is 1.90. The number of ether oxygens (including phenoxy) is 1. The molecule has 0 radical (unpaired) electrons. The van der Waals surface area contributed by atoms with Crippen molar-refractivity contribution in [3.63, 3.8) is 0 Å². The molecule has 0 bridgehead atoms. The largest absolute Gasteiger partial charge is 0.481 e. The van der Waals surface area contributed by atoms with Crippen molar-refractivity contribution in [2.75, 3.05) is 20.3 Å². The maximum absolute atomic E-state index is 11.9. The van der Waals surface area contributed by atoms with Crippen LogP contribution in [0.1, 0.15) is 47.0 Å². The number of hydrogen-bond acceptors (Lipinski definition) is 4. The fraction of sp³-hybridized carbons (Fsp3) is 0.800. The second-order valence-corrected chi connectivity index (χ2v) is 6.72. The first kappa shape index (κ1) is 20.4. The lowest BCUT2D eigenvalue weighted by atomic mass is 9.96. The molecule has 0 aliphatic carbocycles. The van der Waals surface area contributed by atoms with Crippen LogP contribution in [0.25, 0.3) is 0 Å². The molecule has 1 unspecified atom stereocenters. The third kappa shape index (κ3) is 8.61. The Hall–Kier alpha value is -1.63. The molecule has 0 aliphatic heterocycles. The third-order valence-corrected chi connectivity index (χ3v) is 2.99. The molecule has 128 valence electrons. The van der Waals surface area contributed by atoms with E-state index in [2.05, 4.69) is 10.6 Å². The van der Waals surface area contributed by atoms with Crippen LogP contribution in [0.5, 0.6) is 0 Å². The summed E-state index contributed by atoms with van der Waals surface area (Å²) in [5.41, 5.74) is -1.40. The van der Waals surface area contributed by atoms with Gasteiger partial charge in [-0.1, -0.05) is 20.8 Å². The van der Waals surface area contributed by atoms with Gasteiger partial charge in [-0.15, -0.1) is 0 Å². The highest BCUT2D eigenvalue weighted by Crippen LogP contribution is 2.13. The van der Waals surface area contributed by atoms with E-state index >= 15 is 0 Å². The zero-order valence-electron chi connectivity index (χ0n) is 14.1. The normalized spacial score (nSPS) is 14.0. The van der Waals surface area contributed by atoms with Gasteiger partial charge in [-0.05, 0) is 13.3 Å². The summed E-state index contributed by atoms with van der Waals surface area (Å²) in [7, 11) is 1.45. The number of nitrogens with one attached hydrogen (secondary N) is 2. The highest BCUT2D eigenvalue weighted by atomic mass is 16.5. The van der Waals surface area contributed by atoms with Crippen LogP contribution in [0.3, 0.4) is 0 Å². The number of carbonyl (C=O) groups excluding carboxylic acids is 2. The molecule has 0 heterocycles. The lowest BCUT2D eigenvalue weighted by Crippen LogP contribution is -2.50. The van der Waals surface area contributed by atoms with Gasteiger partial charge in [0.2, 0.25) is 11.8 Å². The fourth-order valence-electron chi connectivity index (χ4n) is 1.90. The van der Waals surface area contributed by atoms with Crippen LogP contribution in [0.2, 0.25) is 0 Å². The molecule has 0 saturated carbocycles. The molecule has 0 fully saturated rings. The minimum atomic E-state index is -1.00. The van der Waals surface area contributed by atoms with E-state index in [9.17, 15) is 14.4 Å². The van der Waals surface area contributed by atoms with Gasteiger partial charge >= 0.3 is 5.97 Å². The summed E-state index contributed by atoms with van der Waals surface area (Å²) in [6.07, 6.45) is 0.487. The standard InChI is InChI=1S/C15H28N2O5/c1-14(2,3)13(21)16-8-6-7-11(18)17-15(4,10-22-5)9-12(19)20/h6-10H2,1-5H3,(H,16,21)(H,17,18)(H,19,20). The van der Waals surface area contributed by atoms with Gasteiger partial charge in [0.05, 0.1) is 18.6 Å². The molecule has 0 saturated heterocycles. The van der Waals surface area contributed by atoms with Crippen LogP contribution < -0.4 is 10.6 Å². The summed E-state index contributed by atoms with van der Waals surface area (Å²) in [6.45, 7) is 7.60. The molecule has 0 aromatic carbocycles. The van der Waals surface area contributed by atoms with Crippen molar-refractivity contribution in [1.29, 1.82) is 0 Å². The van der Waals surface area contributed by atoms with E-state index in [1.807, 2.05) is 20.8 Å². The van der Waals surface area contributed by atoms with Gasteiger partial charge in [-0.2, -0.15) is 0 Å². The first-order valence-electron chi connectivity index (χ1n) is 7.30. The van der Waals surface area contributed by atoms with Crippen molar-refractivity contribution >= 4 is 17.8 Å². The molecular weight excluding hydrogens is 288 g/mol. The summed E-state index contributed by atoms with van der Waals surface area (Å²) in [4.78, 5) is 34.4. The molecule has 0 aromatic rings. The second kappa shape index (κ2) is 8.73. The molecule has 0 aliphatic rings. The van der Waals surface area contributed by atoms with Crippen LogP contribution in [-0.2, 0) is 19.1 Å². The highest BCUT2D eigenvalue weighted by Gasteiger charge is 2.29. The predicted octanol–water partition coefficient (Wildman–Crippen LogP) is 0.925. The van der Waals surface area contributed by atoms with Gasteiger partial charge in [-0.3, -0.25) is 14.4 Å². The Balaban J connectivity index is 4.21. The maximum Gasteiger partial charge on any atom is 0.305 e. The van der Waals surface area contributed by atoms with E-state index < -0.39 is 16.9 Å². The molecule has 2 amide bonds. The first-order valence-corrected chi connectivity index (χ1v) is 7.30. The zero-order valence-corrected chi connectivity index (χ0v) is 14.1. The predicted molar refractivity (Wildman–Crippen MR) is 82.4 cm³/mol. The lowest BCUT2D eigenvalue weighted by molar-refractivity contribution is -0.139. The molecular formula is C15H28N2O5. The van der Waals surface area contributed by atoms with Crippen LogP contribution >= 0.6 is 0 Å². The first-order chi connectivity index (χ1) is 10.00.